The van der Waals surface area contributed by atoms with Gasteiger partial charge in [-0.1, -0.05) is 18.2 Å². The largest absolute Gasteiger partial charge is 0.501 e. The number of ether oxygens (including phenoxy) is 2. The molecule has 1 N–H and O–H groups in total. The van der Waals surface area contributed by atoms with Crippen molar-refractivity contribution in [3.63, 3.8) is 0 Å². The monoisotopic (exact) mass is 872 g/mol. The fourth-order valence-corrected chi connectivity index (χ4v) is 10.5. The van der Waals surface area contributed by atoms with E-state index in [1.807, 2.05) is 51.1 Å². The van der Waals surface area contributed by atoms with Gasteiger partial charge in [0, 0.05) is 63.8 Å². The maximum atomic E-state index is 14.3. The summed E-state index contributed by atoms with van der Waals surface area (Å²) in [6.07, 6.45) is 2.42. The molecular weight excluding hydrogens is 822 g/mol. The van der Waals surface area contributed by atoms with E-state index in [-0.39, 0.29) is 23.8 Å². The Morgan fingerprint density at radius 3 is 2.40 bits per heavy atom. The molecule has 3 aromatic rings. The number of aromatic nitrogens is 3. The second-order valence-corrected chi connectivity index (χ2v) is 20.4. The molecule has 320 valence electrons. The summed E-state index contributed by atoms with van der Waals surface area (Å²) in [6.45, 7) is 10.8. The predicted octanol–water partition coefficient (Wildman–Crippen LogP) is 5.25. The van der Waals surface area contributed by atoms with E-state index in [9.17, 15) is 34.8 Å². The van der Waals surface area contributed by atoms with Gasteiger partial charge in [-0.15, -0.1) is 22.0 Å². The van der Waals surface area contributed by atoms with Gasteiger partial charge in [0.1, 0.15) is 16.3 Å². The summed E-state index contributed by atoms with van der Waals surface area (Å²) < 4.78 is 112. The highest BCUT2D eigenvalue weighted by Gasteiger charge is 2.49. The zero-order valence-electron chi connectivity index (χ0n) is 33.0. The number of hydrogen-bond donors (Lipinski definition) is 1. The summed E-state index contributed by atoms with van der Waals surface area (Å²) in [5.74, 6) is 0.337. The summed E-state index contributed by atoms with van der Waals surface area (Å²) in [4.78, 5) is 19.2. The Labute approximate surface area is 342 Å². The van der Waals surface area contributed by atoms with Crippen molar-refractivity contribution in [3.8, 4) is 0 Å². The number of nitrogens with zero attached hydrogens (tertiary/aromatic N) is 7. The summed E-state index contributed by atoms with van der Waals surface area (Å²) in [5, 5.41) is 7.74. The summed E-state index contributed by atoms with van der Waals surface area (Å²) in [5.41, 5.74) is -6.60. The Morgan fingerprint density at radius 1 is 0.983 bits per heavy atom. The molecule has 0 spiro atoms. The Bertz CT molecular complexity index is 2110. The lowest BCUT2D eigenvalue weighted by Crippen LogP contribution is -2.42. The van der Waals surface area contributed by atoms with Crippen molar-refractivity contribution in [2.75, 3.05) is 69.2 Å². The van der Waals surface area contributed by atoms with Gasteiger partial charge >= 0.3 is 11.6 Å². The van der Waals surface area contributed by atoms with Crippen molar-refractivity contribution in [2.45, 2.75) is 96.8 Å². The lowest BCUT2D eigenvalue weighted by atomic mass is 10.1. The Hall–Kier alpha value is -3.63. The van der Waals surface area contributed by atoms with Crippen LogP contribution in [-0.4, -0.2) is 134 Å². The number of nitrogens with one attached hydrogen (secondary N) is 1. The second-order valence-electron chi connectivity index (χ2n) is 15.5. The molecule has 6 rings (SSSR count). The molecule has 0 aliphatic carbocycles. The summed E-state index contributed by atoms with van der Waals surface area (Å²) >= 11 is 1.36. The number of hydrogen-bond acceptors (Lipinski definition) is 13. The topological polar surface area (TPSA) is 160 Å². The number of sulfonamides is 1. The molecular formula is C37H51F3N8O7S3. The van der Waals surface area contributed by atoms with Gasteiger partial charge in [-0.05, 0) is 76.8 Å². The number of fused-ring (bicyclic) bond motifs is 1. The Balaban J connectivity index is 1.21. The first-order chi connectivity index (χ1) is 27.3. The van der Waals surface area contributed by atoms with Gasteiger partial charge in [-0.2, -0.15) is 13.2 Å². The summed E-state index contributed by atoms with van der Waals surface area (Å²) in [6, 6.07) is 12.1. The van der Waals surface area contributed by atoms with Crippen molar-refractivity contribution < 1.29 is 44.3 Å². The van der Waals surface area contributed by atoms with Crippen LogP contribution in [-0.2, 0) is 42.4 Å². The zero-order valence-corrected chi connectivity index (χ0v) is 35.5. The van der Waals surface area contributed by atoms with Crippen LogP contribution < -0.4 is 9.62 Å². The molecule has 15 nitrogen and oxygen atoms in total. The van der Waals surface area contributed by atoms with Gasteiger partial charge in [0.25, 0.3) is 19.9 Å². The van der Waals surface area contributed by atoms with E-state index in [0.29, 0.717) is 90.3 Å². The highest BCUT2D eigenvalue weighted by molar-refractivity contribution is 8.00. The fourth-order valence-electron chi connectivity index (χ4n) is 7.25. The van der Waals surface area contributed by atoms with E-state index in [1.165, 1.54) is 23.7 Å². The van der Waals surface area contributed by atoms with Gasteiger partial charge < -0.3 is 19.3 Å². The van der Waals surface area contributed by atoms with E-state index < -0.39 is 46.1 Å². The van der Waals surface area contributed by atoms with Crippen molar-refractivity contribution in [3.05, 3.63) is 54.4 Å². The highest BCUT2D eigenvalue weighted by atomic mass is 32.2. The smallest absolute Gasteiger partial charge is 0.444 e. The molecule has 2 saturated heterocycles. The highest BCUT2D eigenvalue weighted by Crippen LogP contribution is 2.40. The Morgan fingerprint density at radius 2 is 1.71 bits per heavy atom. The van der Waals surface area contributed by atoms with Crippen LogP contribution in [0.2, 0.25) is 0 Å². The minimum Gasteiger partial charge on any atom is -0.444 e. The lowest BCUT2D eigenvalue weighted by Gasteiger charge is -2.34. The van der Waals surface area contributed by atoms with Crippen molar-refractivity contribution in [1.29, 1.82) is 0 Å². The molecule has 0 radical (unpaired) electrons. The third-order valence-corrected chi connectivity index (χ3v) is 14.5. The minimum atomic E-state index is -6.03. The van der Waals surface area contributed by atoms with E-state index in [1.54, 1.807) is 9.47 Å². The number of alkyl halides is 3. The van der Waals surface area contributed by atoms with E-state index in [0.717, 1.165) is 29.9 Å². The normalized spacial score (nSPS) is 19.6. The van der Waals surface area contributed by atoms with Crippen LogP contribution in [0.25, 0.3) is 0 Å². The van der Waals surface area contributed by atoms with Crippen LogP contribution in [0.15, 0.2) is 63.2 Å². The molecule has 0 saturated carbocycles. The van der Waals surface area contributed by atoms with Crippen LogP contribution in [0.1, 0.15) is 52.3 Å². The second kappa shape index (κ2) is 17.9. The number of carbonyl (C=O) groups excluding carboxylic acids is 1. The molecule has 4 heterocycles. The van der Waals surface area contributed by atoms with Gasteiger partial charge in [0.15, 0.2) is 0 Å². The maximum absolute atomic E-state index is 14.3. The predicted molar refractivity (Wildman–Crippen MR) is 213 cm³/mol. The Kier molecular flexibility index (Phi) is 13.6. The number of halogens is 3. The van der Waals surface area contributed by atoms with Gasteiger partial charge in [-0.3, -0.25) is 14.4 Å². The number of likely N-dealkylation sites (tertiary alicyclic amines) is 1. The van der Waals surface area contributed by atoms with Crippen LogP contribution in [0.4, 0.5) is 29.6 Å². The fraction of sp³-hybridized carbons (Fsp3) is 0.595. The first-order valence-electron chi connectivity index (χ1n) is 19.2. The summed E-state index contributed by atoms with van der Waals surface area (Å²) in [7, 11) is -9.18. The standard InChI is InChI=1S/C37H51F3N8O7S3/c1-36(2,3)55-35(49)46-16-8-9-27(14-18-46)47-19-20-48-32(26-47)41-42-34(48)43-58(52,53)29-12-13-30(31(25-29)57(50,51)37(38,39)40)44(4)33(56-28-10-6-5-7-11-28)15-17-45-21-23-54-24-22-45/h5-7,10-13,25,27,33H,8-9,14-24,26H2,1-4H3,(H,42,43)/t27?,33-/m1/s1. The number of rotatable bonds is 12. The van der Waals surface area contributed by atoms with Crippen molar-refractivity contribution in [2.24, 2.45) is 0 Å². The van der Waals surface area contributed by atoms with Crippen LogP contribution >= 0.6 is 11.8 Å². The van der Waals surface area contributed by atoms with Gasteiger partial charge in [0.2, 0.25) is 5.95 Å². The maximum Gasteiger partial charge on any atom is 0.501 e. The number of morpholine rings is 1. The number of sulfone groups is 1. The molecule has 2 aromatic carbocycles. The average Bonchev–Trinajstić information content (AvgIpc) is 3.38. The third-order valence-electron chi connectivity index (χ3n) is 10.3. The van der Waals surface area contributed by atoms with E-state index in [4.69, 9.17) is 9.47 Å². The van der Waals surface area contributed by atoms with Crippen LogP contribution in [0.5, 0.6) is 0 Å². The lowest BCUT2D eigenvalue weighted by molar-refractivity contribution is -0.0436. The SMILES string of the molecule is CN(c1ccc(S(=O)(=O)Nc2nnc3n2CCN(C2CCCN(C(=O)OC(C)(C)C)CC2)C3)cc1S(=O)(=O)C(F)(F)F)[C@@H](CCN1CCOCC1)Sc1ccccc1. The van der Waals surface area contributed by atoms with E-state index >= 15 is 0 Å². The first-order valence-corrected chi connectivity index (χ1v) is 23.0. The third kappa shape index (κ3) is 10.6. The number of benzene rings is 2. The first kappa shape index (κ1) is 43.9. The number of carbonyl (C=O) groups is 1. The molecule has 2 atom stereocenters. The number of amides is 1. The quantitative estimate of drug-likeness (QED) is 0.186. The minimum absolute atomic E-state index is 0.133. The van der Waals surface area contributed by atoms with Crippen LogP contribution in [0.3, 0.4) is 0 Å². The number of thioether (sulfide) groups is 1. The molecule has 1 unspecified atom stereocenters. The number of anilines is 2. The molecule has 3 aliphatic heterocycles. The molecule has 0 bridgehead atoms. The zero-order chi connectivity index (χ0) is 41.9. The van der Waals surface area contributed by atoms with Crippen molar-refractivity contribution in [1.82, 2.24) is 29.5 Å². The van der Waals surface area contributed by atoms with E-state index in [2.05, 4.69) is 24.7 Å². The molecule has 58 heavy (non-hydrogen) atoms. The van der Waals surface area contributed by atoms with Crippen molar-refractivity contribution >= 4 is 49.4 Å². The van der Waals surface area contributed by atoms with Gasteiger partial charge in [0.05, 0.1) is 35.7 Å². The molecule has 21 heteroatoms. The van der Waals surface area contributed by atoms with Gasteiger partial charge in [-0.25, -0.2) is 26.4 Å². The molecule has 3 aliphatic rings. The molecule has 2 fully saturated rings. The molecule has 1 amide bonds. The average molecular weight is 873 g/mol. The van der Waals surface area contributed by atoms with Crippen LogP contribution in [0, 0.1) is 0 Å². The molecule has 1 aromatic heterocycles.